The summed E-state index contributed by atoms with van der Waals surface area (Å²) in [6.07, 6.45) is 17.0. The Morgan fingerprint density at radius 2 is 1.86 bits per heavy atom. The number of hydrogen-bond acceptors (Lipinski definition) is 4. The molecule has 4 aliphatic carbocycles. The number of aromatic nitrogens is 2. The number of aliphatic hydroxyl groups excluding tert-OH is 1. The molecule has 37 heavy (non-hydrogen) atoms. The summed E-state index contributed by atoms with van der Waals surface area (Å²) in [4.78, 5) is 4.66. The number of hydrogen-bond donors (Lipinski definition) is 3. The second kappa shape index (κ2) is 10.2. The highest BCUT2D eigenvalue weighted by Crippen LogP contribution is 2.70. The van der Waals surface area contributed by atoms with Crippen molar-refractivity contribution in [2.75, 3.05) is 6.54 Å². The van der Waals surface area contributed by atoms with Crippen molar-refractivity contribution in [2.45, 2.75) is 129 Å². The zero-order valence-corrected chi connectivity index (χ0v) is 24.3. The fourth-order valence-electron chi connectivity index (χ4n) is 10.5. The predicted molar refractivity (Wildman–Crippen MR) is 150 cm³/mol. The molecule has 0 aliphatic heterocycles. The molecular formula is C32H55N3O2. The van der Waals surface area contributed by atoms with Crippen molar-refractivity contribution >= 4 is 0 Å². The zero-order valence-electron chi connectivity index (χ0n) is 24.3. The predicted octanol–water partition coefficient (Wildman–Crippen LogP) is 6.13. The third-order valence-corrected chi connectivity index (χ3v) is 12.5. The van der Waals surface area contributed by atoms with Crippen LogP contribution in [0.2, 0.25) is 0 Å². The molecule has 0 spiro atoms. The van der Waals surface area contributed by atoms with Crippen LogP contribution in [-0.4, -0.2) is 38.0 Å². The first-order valence-corrected chi connectivity index (χ1v) is 15.7. The van der Waals surface area contributed by atoms with Gasteiger partial charge in [0.25, 0.3) is 0 Å². The summed E-state index contributed by atoms with van der Waals surface area (Å²) in [5.74, 6) is 4.35. The van der Waals surface area contributed by atoms with Crippen LogP contribution in [0.3, 0.4) is 0 Å². The Kier molecular flexibility index (Phi) is 7.66. The molecule has 4 fully saturated rings. The Balaban J connectivity index is 1.44. The van der Waals surface area contributed by atoms with E-state index < -0.39 is 11.7 Å². The smallest absolute Gasteiger partial charge is 0.0953 e. The molecule has 0 unspecified atom stereocenters. The maximum absolute atomic E-state index is 12.6. The van der Waals surface area contributed by atoms with Crippen LogP contribution in [0.25, 0.3) is 0 Å². The maximum Gasteiger partial charge on any atom is 0.0953 e. The number of nitrogens with two attached hydrogens (primary N) is 1. The van der Waals surface area contributed by atoms with Gasteiger partial charge in [0.05, 0.1) is 29.8 Å². The Hall–Kier alpha value is -0.910. The second-order valence-corrected chi connectivity index (χ2v) is 14.7. The zero-order chi connectivity index (χ0) is 26.6. The Bertz CT molecular complexity index is 931. The van der Waals surface area contributed by atoms with E-state index >= 15 is 0 Å². The Morgan fingerprint density at radius 1 is 1.08 bits per heavy atom. The van der Waals surface area contributed by atoms with Crippen LogP contribution < -0.4 is 5.73 Å². The average Bonchev–Trinajstić information content (AvgIpc) is 3.43. The van der Waals surface area contributed by atoms with E-state index in [-0.39, 0.29) is 11.5 Å². The molecule has 4 aliphatic rings. The molecule has 1 heterocycles. The van der Waals surface area contributed by atoms with Crippen molar-refractivity contribution in [3.05, 3.63) is 18.2 Å². The van der Waals surface area contributed by atoms with E-state index in [2.05, 4.69) is 50.4 Å². The summed E-state index contributed by atoms with van der Waals surface area (Å²) >= 11 is 0. The van der Waals surface area contributed by atoms with E-state index in [1.807, 2.05) is 6.33 Å². The van der Waals surface area contributed by atoms with Crippen LogP contribution in [-0.2, 0) is 6.42 Å². The molecule has 0 aromatic carbocycles. The van der Waals surface area contributed by atoms with Crippen LogP contribution in [0, 0.1) is 46.3 Å². The highest BCUT2D eigenvalue weighted by atomic mass is 16.3. The summed E-state index contributed by atoms with van der Waals surface area (Å²) < 4.78 is 2.21. The molecule has 10 atom stereocenters. The molecule has 1 aromatic heterocycles. The standard InChI is InChI=1S/C32H55N3O2/c1-21(2)7-6-8-22(3)26-9-10-27-25-17-29(35-19-23(13-16-33)34-20-35)32(37)18-24(36)11-15-31(32,5)28(25)12-14-30(26,27)4/h19-22,24-29,36-37H,6-18,33H2,1-5H3/t22-,24+,25+,26-,27+,28+,29-,30-,31-,32+/m1/s1. The highest BCUT2D eigenvalue weighted by Gasteiger charge is 2.67. The first-order valence-electron chi connectivity index (χ1n) is 15.7. The fraction of sp³-hybridized carbons (Fsp3) is 0.906. The number of rotatable bonds is 8. The van der Waals surface area contributed by atoms with Crippen LogP contribution in [0.1, 0.15) is 117 Å². The lowest BCUT2D eigenvalue weighted by molar-refractivity contribution is -0.242. The molecule has 0 amide bonds. The van der Waals surface area contributed by atoms with Crippen LogP contribution in [0.4, 0.5) is 0 Å². The summed E-state index contributed by atoms with van der Waals surface area (Å²) in [5, 5.41) is 23.3. The van der Waals surface area contributed by atoms with E-state index in [0.29, 0.717) is 30.2 Å². The molecular weight excluding hydrogens is 458 g/mol. The van der Waals surface area contributed by atoms with E-state index in [0.717, 1.165) is 55.0 Å². The van der Waals surface area contributed by atoms with Gasteiger partial charge in [0.15, 0.2) is 0 Å². The van der Waals surface area contributed by atoms with Gasteiger partial charge in [-0.1, -0.05) is 53.9 Å². The monoisotopic (exact) mass is 513 g/mol. The van der Waals surface area contributed by atoms with Crippen LogP contribution in [0.15, 0.2) is 12.5 Å². The van der Waals surface area contributed by atoms with E-state index in [9.17, 15) is 10.2 Å². The molecule has 4 N–H and O–H groups in total. The number of nitrogens with zero attached hydrogens (tertiary/aromatic N) is 2. The van der Waals surface area contributed by atoms with Crippen molar-refractivity contribution in [3.63, 3.8) is 0 Å². The minimum atomic E-state index is -0.900. The minimum absolute atomic E-state index is 0.0300. The lowest BCUT2D eigenvalue weighted by Crippen LogP contribution is -2.66. The lowest BCUT2D eigenvalue weighted by atomic mass is 9.42. The van der Waals surface area contributed by atoms with Gasteiger partial charge in [-0.2, -0.15) is 0 Å². The Labute approximate surface area is 226 Å². The van der Waals surface area contributed by atoms with Crippen molar-refractivity contribution in [1.82, 2.24) is 9.55 Å². The van der Waals surface area contributed by atoms with Gasteiger partial charge in [0.2, 0.25) is 0 Å². The van der Waals surface area contributed by atoms with Crippen LogP contribution in [0.5, 0.6) is 0 Å². The van der Waals surface area contributed by atoms with E-state index in [1.165, 1.54) is 44.9 Å². The lowest BCUT2D eigenvalue weighted by Gasteiger charge is -2.66. The molecule has 210 valence electrons. The first-order chi connectivity index (χ1) is 17.5. The number of fused-ring (bicyclic) bond motifs is 5. The number of aliphatic hydroxyl groups is 2. The van der Waals surface area contributed by atoms with Gasteiger partial charge in [0, 0.05) is 24.5 Å². The number of imidazole rings is 1. The molecule has 0 bridgehead atoms. The normalized spacial score (nSPS) is 44.4. The largest absolute Gasteiger partial charge is 0.393 e. The van der Waals surface area contributed by atoms with E-state index in [4.69, 9.17) is 5.73 Å². The van der Waals surface area contributed by atoms with Crippen LogP contribution >= 0.6 is 0 Å². The maximum atomic E-state index is 12.6. The topological polar surface area (TPSA) is 84.3 Å². The van der Waals surface area contributed by atoms with Crippen molar-refractivity contribution in [2.24, 2.45) is 52.1 Å². The third-order valence-electron chi connectivity index (χ3n) is 12.5. The highest BCUT2D eigenvalue weighted by molar-refractivity contribution is 5.19. The molecule has 0 radical (unpaired) electrons. The molecule has 5 rings (SSSR count). The molecule has 4 saturated carbocycles. The minimum Gasteiger partial charge on any atom is -0.393 e. The van der Waals surface area contributed by atoms with Gasteiger partial charge in [0.1, 0.15) is 0 Å². The van der Waals surface area contributed by atoms with Gasteiger partial charge in [-0.05, 0) is 92.4 Å². The fourth-order valence-corrected chi connectivity index (χ4v) is 10.5. The van der Waals surface area contributed by atoms with Gasteiger partial charge in [-0.3, -0.25) is 0 Å². The average molecular weight is 514 g/mol. The molecule has 0 saturated heterocycles. The van der Waals surface area contributed by atoms with Crippen molar-refractivity contribution < 1.29 is 10.2 Å². The van der Waals surface area contributed by atoms with Crippen molar-refractivity contribution in [1.29, 1.82) is 0 Å². The van der Waals surface area contributed by atoms with Gasteiger partial charge >= 0.3 is 0 Å². The van der Waals surface area contributed by atoms with Gasteiger partial charge in [-0.15, -0.1) is 0 Å². The molecule has 1 aromatic rings. The summed E-state index contributed by atoms with van der Waals surface area (Å²) in [7, 11) is 0. The van der Waals surface area contributed by atoms with Gasteiger partial charge in [-0.25, -0.2) is 4.98 Å². The summed E-state index contributed by atoms with van der Waals surface area (Å²) in [6.45, 7) is 12.9. The quantitative estimate of drug-likeness (QED) is 0.390. The summed E-state index contributed by atoms with van der Waals surface area (Å²) in [5.41, 5.74) is 6.19. The van der Waals surface area contributed by atoms with Crippen molar-refractivity contribution in [3.8, 4) is 0 Å². The Morgan fingerprint density at radius 3 is 2.59 bits per heavy atom. The first kappa shape index (κ1) is 27.6. The third kappa shape index (κ3) is 4.53. The molecule has 5 nitrogen and oxygen atoms in total. The SMILES string of the molecule is CC(C)CCC[C@@H](C)[C@H]1CC[C@H]2[C@@H]3C[C@@H](n4cnc(CCN)c4)[C@@]4(O)C[C@@H](O)CC[C@]4(C)[C@H]3CC[C@]12C. The molecule has 5 heteroatoms. The summed E-state index contributed by atoms with van der Waals surface area (Å²) in [6, 6.07) is -0.0300. The van der Waals surface area contributed by atoms with E-state index in [1.54, 1.807) is 0 Å². The second-order valence-electron chi connectivity index (χ2n) is 14.7. The van der Waals surface area contributed by atoms with Gasteiger partial charge < -0.3 is 20.5 Å².